The molecule has 0 spiro atoms. The molecule has 1 aromatic carbocycles. The van der Waals surface area contributed by atoms with E-state index < -0.39 is 0 Å². The van der Waals surface area contributed by atoms with Gasteiger partial charge in [-0.1, -0.05) is 28.9 Å². The van der Waals surface area contributed by atoms with E-state index >= 15 is 0 Å². The largest absolute Gasteiger partial charge is 0.338 e. The van der Waals surface area contributed by atoms with Gasteiger partial charge in [-0.15, -0.1) is 11.8 Å². The Balaban J connectivity index is 2.00. The van der Waals surface area contributed by atoms with Crippen molar-refractivity contribution in [2.45, 2.75) is 23.6 Å². The molecule has 0 saturated heterocycles. The molecule has 1 atom stereocenters. The maximum Gasteiger partial charge on any atom is 0.243 e. The van der Waals surface area contributed by atoms with Crippen molar-refractivity contribution in [2.24, 2.45) is 5.73 Å². The molecule has 0 aliphatic heterocycles. The summed E-state index contributed by atoms with van der Waals surface area (Å²) in [5.41, 5.74) is 5.63. The molecular formula is C11H12ClN3OS. The second kappa shape index (κ2) is 5.53. The van der Waals surface area contributed by atoms with Crippen LogP contribution in [0, 0.1) is 0 Å². The SMILES string of the molecule is C[C@H](N)c1nc(CSc2ccccc2Cl)no1. The zero-order valence-corrected chi connectivity index (χ0v) is 10.8. The van der Waals surface area contributed by atoms with Crippen LogP contribution in [0.2, 0.25) is 5.02 Å². The van der Waals surface area contributed by atoms with E-state index in [1.165, 1.54) is 0 Å². The molecule has 4 nitrogen and oxygen atoms in total. The molecule has 2 N–H and O–H groups in total. The summed E-state index contributed by atoms with van der Waals surface area (Å²) in [5.74, 6) is 1.70. The molecule has 2 rings (SSSR count). The van der Waals surface area contributed by atoms with E-state index in [1.807, 2.05) is 24.3 Å². The van der Waals surface area contributed by atoms with E-state index in [4.69, 9.17) is 21.9 Å². The summed E-state index contributed by atoms with van der Waals surface area (Å²) >= 11 is 7.61. The van der Waals surface area contributed by atoms with Gasteiger partial charge in [0, 0.05) is 4.90 Å². The number of hydrogen-bond donors (Lipinski definition) is 1. The minimum absolute atomic E-state index is 0.235. The van der Waals surface area contributed by atoms with Crippen molar-refractivity contribution in [2.75, 3.05) is 0 Å². The standard InChI is InChI=1S/C11H12ClN3OS/c1-7(13)11-14-10(15-16-11)6-17-9-5-3-2-4-8(9)12/h2-5,7H,6,13H2,1H3/t7-/m0/s1. The van der Waals surface area contributed by atoms with Crippen molar-refractivity contribution >= 4 is 23.4 Å². The smallest absolute Gasteiger partial charge is 0.243 e. The highest BCUT2D eigenvalue weighted by atomic mass is 35.5. The number of benzene rings is 1. The molecule has 0 unspecified atom stereocenters. The maximum atomic E-state index is 6.04. The van der Waals surface area contributed by atoms with Gasteiger partial charge < -0.3 is 10.3 Å². The molecule has 0 radical (unpaired) electrons. The van der Waals surface area contributed by atoms with Crippen LogP contribution in [0.5, 0.6) is 0 Å². The minimum Gasteiger partial charge on any atom is -0.338 e. The first kappa shape index (κ1) is 12.4. The topological polar surface area (TPSA) is 64.9 Å². The summed E-state index contributed by atoms with van der Waals surface area (Å²) in [6.45, 7) is 1.80. The minimum atomic E-state index is -0.235. The molecule has 1 aromatic heterocycles. The Morgan fingerprint density at radius 3 is 2.88 bits per heavy atom. The maximum absolute atomic E-state index is 6.04. The van der Waals surface area contributed by atoms with Gasteiger partial charge in [-0.25, -0.2) is 0 Å². The number of hydrogen-bond acceptors (Lipinski definition) is 5. The number of halogens is 1. The molecule has 6 heteroatoms. The molecule has 0 bridgehead atoms. The van der Waals surface area contributed by atoms with E-state index in [9.17, 15) is 0 Å². The normalized spacial score (nSPS) is 12.6. The van der Waals surface area contributed by atoms with E-state index in [0.717, 1.165) is 9.92 Å². The zero-order valence-electron chi connectivity index (χ0n) is 9.26. The van der Waals surface area contributed by atoms with Gasteiger partial charge in [0.2, 0.25) is 5.89 Å². The van der Waals surface area contributed by atoms with Crippen molar-refractivity contribution in [1.82, 2.24) is 10.1 Å². The van der Waals surface area contributed by atoms with Crippen molar-refractivity contribution < 1.29 is 4.52 Å². The number of rotatable bonds is 4. The van der Waals surface area contributed by atoms with E-state index in [-0.39, 0.29) is 6.04 Å². The third kappa shape index (κ3) is 3.21. The molecular weight excluding hydrogens is 258 g/mol. The van der Waals surface area contributed by atoms with Gasteiger partial charge in [-0.2, -0.15) is 4.98 Å². The first-order valence-electron chi connectivity index (χ1n) is 5.12. The fourth-order valence-electron chi connectivity index (χ4n) is 1.22. The van der Waals surface area contributed by atoms with Crippen LogP contribution in [0.3, 0.4) is 0 Å². The van der Waals surface area contributed by atoms with Crippen LogP contribution in [-0.4, -0.2) is 10.1 Å². The predicted octanol–water partition coefficient (Wildman–Crippen LogP) is 3.04. The van der Waals surface area contributed by atoms with E-state index in [0.29, 0.717) is 17.5 Å². The van der Waals surface area contributed by atoms with Gasteiger partial charge in [0.1, 0.15) is 0 Å². The van der Waals surface area contributed by atoms with E-state index in [2.05, 4.69) is 10.1 Å². The van der Waals surface area contributed by atoms with Crippen molar-refractivity contribution in [3.8, 4) is 0 Å². The first-order chi connectivity index (χ1) is 8.16. The number of aromatic nitrogens is 2. The first-order valence-corrected chi connectivity index (χ1v) is 6.48. The zero-order chi connectivity index (χ0) is 12.3. The van der Waals surface area contributed by atoms with Crippen molar-refractivity contribution in [1.29, 1.82) is 0 Å². The van der Waals surface area contributed by atoms with Gasteiger partial charge in [-0.05, 0) is 19.1 Å². The second-order valence-electron chi connectivity index (χ2n) is 3.56. The van der Waals surface area contributed by atoms with Gasteiger partial charge in [0.25, 0.3) is 0 Å². The van der Waals surface area contributed by atoms with Crippen LogP contribution in [0.1, 0.15) is 24.7 Å². The molecule has 90 valence electrons. The predicted molar refractivity (Wildman–Crippen MR) is 67.9 cm³/mol. The Hall–Kier alpha value is -1.04. The Morgan fingerprint density at radius 1 is 1.47 bits per heavy atom. The van der Waals surface area contributed by atoms with Crippen molar-refractivity contribution in [3.05, 3.63) is 41.0 Å². The van der Waals surface area contributed by atoms with Gasteiger partial charge >= 0.3 is 0 Å². The lowest BCUT2D eigenvalue weighted by Gasteiger charge is -2.00. The van der Waals surface area contributed by atoms with Crippen LogP contribution in [0.25, 0.3) is 0 Å². The average molecular weight is 270 g/mol. The molecule has 2 aromatic rings. The molecule has 0 aliphatic carbocycles. The molecule has 1 heterocycles. The highest BCUT2D eigenvalue weighted by Gasteiger charge is 2.10. The molecule has 17 heavy (non-hydrogen) atoms. The summed E-state index contributed by atoms with van der Waals surface area (Å²) in [7, 11) is 0. The van der Waals surface area contributed by atoms with Gasteiger partial charge in [-0.3, -0.25) is 0 Å². The van der Waals surface area contributed by atoms with Crippen LogP contribution in [-0.2, 0) is 5.75 Å². The molecule has 0 aliphatic rings. The summed E-state index contributed by atoms with van der Waals surface area (Å²) in [5, 5.41) is 4.58. The quantitative estimate of drug-likeness (QED) is 0.865. The van der Waals surface area contributed by atoms with Gasteiger partial charge in [0.15, 0.2) is 5.82 Å². The number of thioether (sulfide) groups is 1. The lowest BCUT2D eigenvalue weighted by atomic mass is 10.4. The Labute approximate surface area is 109 Å². The summed E-state index contributed by atoms with van der Waals surface area (Å²) in [4.78, 5) is 5.19. The van der Waals surface area contributed by atoms with E-state index in [1.54, 1.807) is 18.7 Å². The number of nitrogens with zero attached hydrogens (tertiary/aromatic N) is 2. The Kier molecular flexibility index (Phi) is 4.04. The van der Waals surface area contributed by atoms with Gasteiger partial charge in [0.05, 0.1) is 16.8 Å². The van der Waals surface area contributed by atoms with Crippen LogP contribution in [0.4, 0.5) is 0 Å². The molecule has 0 amide bonds. The third-order valence-corrected chi connectivity index (χ3v) is 3.58. The average Bonchev–Trinajstić information content (AvgIpc) is 2.77. The monoisotopic (exact) mass is 269 g/mol. The van der Waals surface area contributed by atoms with Crippen LogP contribution >= 0.6 is 23.4 Å². The summed E-state index contributed by atoms with van der Waals surface area (Å²) in [6.07, 6.45) is 0. The fourth-order valence-corrected chi connectivity index (χ4v) is 2.30. The second-order valence-corrected chi connectivity index (χ2v) is 4.98. The highest BCUT2D eigenvalue weighted by molar-refractivity contribution is 7.98. The lowest BCUT2D eigenvalue weighted by Crippen LogP contribution is -2.05. The molecule has 0 fully saturated rings. The molecule has 0 saturated carbocycles. The van der Waals surface area contributed by atoms with Crippen molar-refractivity contribution in [3.63, 3.8) is 0 Å². The fraction of sp³-hybridized carbons (Fsp3) is 0.273. The summed E-state index contributed by atoms with van der Waals surface area (Å²) in [6, 6.07) is 7.42. The van der Waals surface area contributed by atoms with Crippen LogP contribution < -0.4 is 5.73 Å². The Bertz CT molecular complexity index is 501. The van der Waals surface area contributed by atoms with Crippen LogP contribution in [0.15, 0.2) is 33.7 Å². The Morgan fingerprint density at radius 2 is 2.24 bits per heavy atom. The third-order valence-electron chi connectivity index (χ3n) is 2.07. The number of nitrogens with two attached hydrogens (primary N) is 1. The summed E-state index contributed by atoms with van der Waals surface area (Å²) < 4.78 is 5.01. The lowest BCUT2D eigenvalue weighted by molar-refractivity contribution is 0.358. The highest BCUT2D eigenvalue weighted by Crippen LogP contribution is 2.28.